The number of carbonyl (C=O) groups excluding carboxylic acids is 1. The topological polar surface area (TPSA) is 98.0 Å². The SMILES string of the molecule is O=CC=Cc1ccc(O)c(-c2cc(CC(O)CO)ccc2O)c1. The molecule has 2 rings (SSSR count). The lowest BCUT2D eigenvalue weighted by Gasteiger charge is -2.12. The van der Waals surface area contributed by atoms with E-state index in [0.29, 0.717) is 28.5 Å². The molecule has 0 amide bonds. The second-order valence-corrected chi connectivity index (χ2v) is 5.16. The van der Waals surface area contributed by atoms with Crippen LogP contribution in [0.1, 0.15) is 11.1 Å². The predicted octanol–water partition coefficient (Wildman–Crippen LogP) is 1.87. The fourth-order valence-electron chi connectivity index (χ4n) is 2.29. The van der Waals surface area contributed by atoms with E-state index in [1.807, 2.05) is 0 Å². The molecule has 0 spiro atoms. The number of aliphatic hydroxyl groups excluding tert-OH is 2. The Balaban J connectivity index is 2.46. The predicted molar refractivity (Wildman–Crippen MR) is 87.1 cm³/mol. The first-order valence-electron chi connectivity index (χ1n) is 7.11. The quantitative estimate of drug-likeness (QED) is 0.482. The zero-order valence-corrected chi connectivity index (χ0v) is 12.4. The molecular formula is C18H18O5. The molecule has 0 bridgehead atoms. The molecule has 0 fully saturated rings. The van der Waals surface area contributed by atoms with Crippen molar-refractivity contribution in [2.75, 3.05) is 6.61 Å². The summed E-state index contributed by atoms with van der Waals surface area (Å²) in [4.78, 5) is 10.4. The van der Waals surface area contributed by atoms with Gasteiger partial charge in [-0.05, 0) is 41.5 Å². The first kappa shape index (κ1) is 16.7. The second-order valence-electron chi connectivity index (χ2n) is 5.16. The molecule has 120 valence electrons. The highest BCUT2D eigenvalue weighted by atomic mass is 16.3. The summed E-state index contributed by atoms with van der Waals surface area (Å²) in [6.45, 7) is -0.354. The number of benzene rings is 2. The molecule has 1 atom stereocenters. The van der Waals surface area contributed by atoms with Crippen molar-refractivity contribution in [2.24, 2.45) is 0 Å². The Morgan fingerprint density at radius 1 is 1.00 bits per heavy atom. The van der Waals surface area contributed by atoms with Crippen LogP contribution < -0.4 is 0 Å². The number of aromatic hydroxyl groups is 2. The number of phenols is 2. The molecule has 2 aromatic rings. The zero-order chi connectivity index (χ0) is 16.8. The Morgan fingerprint density at radius 3 is 2.30 bits per heavy atom. The van der Waals surface area contributed by atoms with Crippen LogP contribution in [0.3, 0.4) is 0 Å². The van der Waals surface area contributed by atoms with Gasteiger partial charge in [0.25, 0.3) is 0 Å². The van der Waals surface area contributed by atoms with Gasteiger partial charge >= 0.3 is 0 Å². The van der Waals surface area contributed by atoms with Crippen molar-refractivity contribution in [2.45, 2.75) is 12.5 Å². The van der Waals surface area contributed by atoms with Gasteiger partial charge in [-0.2, -0.15) is 0 Å². The molecule has 0 saturated carbocycles. The molecule has 0 saturated heterocycles. The van der Waals surface area contributed by atoms with Crippen LogP contribution in [-0.4, -0.2) is 39.4 Å². The van der Waals surface area contributed by atoms with Gasteiger partial charge in [-0.3, -0.25) is 4.79 Å². The van der Waals surface area contributed by atoms with E-state index in [4.69, 9.17) is 5.11 Å². The molecule has 0 radical (unpaired) electrons. The fraction of sp³-hybridized carbons (Fsp3) is 0.167. The average Bonchev–Trinajstić information content (AvgIpc) is 2.56. The third-order valence-electron chi connectivity index (χ3n) is 3.42. The summed E-state index contributed by atoms with van der Waals surface area (Å²) in [6.07, 6.45) is 2.93. The van der Waals surface area contributed by atoms with Crippen molar-refractivity contribution in [3.63, 3.8) is 0 Å². The van der Waals surface area contributed by atoms with Crippen LogP contribution in [0.15, 0.2) is 42.5 Å². The Morgan fingerprint density at radius 2 is 1.65 bits per heavy atom. The van der Waals surface area contributed by atoms with E-state index in [1.165, 1.54) is 18.2 Å². The lowest BCUT2D eigenvalue weighted by molar-refractivity contribution is -0.104. The number of aliphatic hydroxyl groups is 2. The van der Waals surface area contributed by atoms with Gasteiger partial charge in [-0.15, -0.1) is 0 Å². The van der Waals surface area contributed by atoms with Crippen molar-refractivity contribution in [1.82, 2.24) is 0 Å². The van der Waals surface area contributed by atoms with Crippen molar-refractivity contribution in [1.29, 1.82) is 0 Å². The van der Waals surface area contributed by atoms with Crippen LogP contribution >= 0.6 is 0 Å². The molecule has 0 aliphatic carbocycles. The van der Waals surface area contributed by atoms with Crippen LogP contribution in [0.25, 0.3) is 17.2 Å². The molecule has 2 aromatic carbocycles. The average molecular weight is 314 g/mol. The minimum absolute atomic E-state index is 0.0107. The summed E-state index contributed by atoms with van der Waals surface area (Å²) in [6, 6.07) is 9.55. The maximum Gasteiger partial charge on any atom is 0.142 e. The van der Waals surface area contributed by atoms with E-state index < -0.39 is 6.10 Å². The highest BCUT2D eigenvalue weighted by Gasteiger charge is 2.12. The molecule has 23 heavy (non-hydrogen) atoms. The van der Waals surface area contributed by atoms with E-state index in [9.17, 15) is 20.1 Å². The highest BCUT2D eigenvalue weighted by Crippen LogP contribution is 2.37. The van der Waals surface area contributed by atoms with Gasteiger partial charge in [0.1, 0.15) is 17.8 Å². The molecule has 0 aliphatic rings. The minimum atomic E-state index is -0.886. The lowest BCUT2D eigenvalue weighted by Crippen LogP contribution is -2.14. The Hall–Kier alpha value is -2.63. The number of aldehydes is 1. The first-order valence-corrected chi connectivity index (χ1v) is 7.11. The van der Waals surface area contributed by atoms with E-state index in [1.54, 1.807) is 30.3 Å². The third-order valence-corrected chi connectivity index (χ3v) is 3.42. The van der Waals surface area contributed by atoms with Gasteiger partial charge in [-0.1, -0.05) is 18.2 Å². The van der Waals surface area contributed by atoms with Crippen molar-refractivity contribution in [3.8, 4) is 22.6 Å². The van der Waals surface area contributed by atoms with Crippen LogP contribution in [0.4, 0.5) is 0 Å². The van der Waals surface area contributed by atoms with Crippen LogP contribution in [0, 0.1) is 0 Å². The van der Waals surface area contributed by atoms with Crippen LogP contribution in [0.2, 0.25) is 0 Å². The summed E-state index contributed by atoms with van der Waals surface area (Å²) in [5.74, 6) is -0.0255. The van der Waals surface area contributed by atoms with Gasteiger partial charge in [0.15, 0.2) is 0 Å². The smallest absolute Gasteiger partial charge is 0.142 e. The molecule has 0 heterocycles. The molecular weight excluding hydrogens is 296 g/mol. The summed E-state index contributed by atoms with van der Waals surface area (Å²) in [5.41, 5.74) is 2.24. The standard InChI is InChI=1S/C18H18O5/c19-7-1-2-12-3-5-17(22)15(9-12)16-10-13(4-6-18(16)23)8-14(21)11-20/h1-7,9-10,14,20-23H,8,11H2. The first-order chi connectivity index (χ1) is 11.0. The van der Waals surface area contributed by atoms with Crippen molar-refractivity contribution in [3.05, 3.63) is 53.6 Å². The molecule has 5 nitrogen and oxygen atoms in total. The fourth-order valence-corrected chi connectivity index (χ4v) is 2.29. The maximum absolute atomic E-state index is 10.4. The monoisotopic (exact) mass is 314 g/mol. The number of phenolic OH excluding ortho intramolecular Hbond substituents is 2. The molecule has 5 heteroatoms. The summed E-state index contributed by atoms with van der Waals surface area (Å²) in [5, 5.41) is 38.6. The van der Waals surface area contributed by atoms with Gasteiger partial charge in [0.2, 0.25) is 0 Å². The number of carbonyl (C=O) groups is 1. The Bertz CT molecular complexity index is 721. The van der Waals surface area contributed by atoms with Gasteiger partial charge in [0, 0.05) is 17.5 Å². The lowest BCUT2D eigenvalue weighted by atomic mass is 9.97. The van der Waals surface area contributed by atoms with Crippen LogP contribution in [-0.2, 0) is 11.2 Å². The largest absolute Gasteiger partial charge is 0.507 e. The zero-order valence-electron chi connectivity index (χ0n) is 12.4. The molecule has 4 N–H and O–H groups in total. The van der Waals surface area contributed by atoms with Gasteiger partial charge in [0.05, 0.1) is 12.7 Å². The van der Waals surface area contributed by atoms with Gasteiger partial charge in [-0.25, -0.2) is 0 Å². The Labute approximate surface area is 133 Å². The number of allylic oxidation sites excluding steroid dienone is 1. The molecule has 0 aromatic heterocycles. The number of rotatable bonds is 6. The summed E-state index contributed by atoms with van der Waals surface area (Å²) in [7, 11) is 0. The Kier molecular flexibility index (Phi) is 5.51. The normalized spacial score (nSPS) is 12.4. The number of hydrogen-bond donors (Lipinski definition) is 4. The summed E-state index contributed by atoms with van der Waals surface area (Å²) < 4.78 is 0. The van der Waals surface area contributed by atoms with Crippen molar-refractivity contribution < 1.29 is 25.2 Å². The third kappa shape index (κ3) is 4.18. The molecule has 0 aliphatic heterocycles. The summed E-state index contributed by atoms with van der Waals surface area (Å²) >= 11 is 0. The van der Waals surface area contributed by atoms with E-state index >= 15 is 0 Å². The van der Waals surface area contributed by atoms with Gasteiger partial charge < -0.3 is 20.4 Å². The highest BCUT2D eigenvalue weighted by molar-refractivity contribution is 5.80. The molecule has 1 unspecified atom stereocenters. The van der Waals surface area contributed by atoms with Crippen LogP contribution in [0.5, 0.6) is 11.5 Å². The number of hydrogen-bond acceptors (Lipinski definition) is 5. The minimum Gasteiger partial charge on any atom is -0.507 e. The second kappa shape index (κ2) is 7.58. The van der Waals surface area contributed by atoms with Crippen molar-refractivity contribution >= 4 is 12.4 Å². The van der Waals surface area contributed by atoms with E-state index in [-0.39, 0.29) is 24.5 Å². The van der Waals surface area contributed by atoms with E-state index in [0.717, 1.165) is 0 Å². The maximum atomic E-state index is 10.4. The van der Waals surface area contributed by atoms with E-state index in [2.05, 4.69) is 0 Å².